The van der Waals surface area contributed by atoms with Crippen molar-refractivity contribution in [2.24, 2.45) is 5.92 Å². The molecule has 0 bridgehead atoms. The van der Waals surface area contributed by atoms with Crippen LogP contribution in [-0.4, -0.2) is 25.8 Å². The zero-order chi connectivity index (χ0) is 11.5. The first-order chi connectivity index (χ1) is 7.26. The lowest BCUT2D eigenvalue weighted by Crippen LogP contribution is -2.33. The van der Waals surface area contributed by atoms with Gasteiger partial charge in [-0.05, 0) is 32.2 Å². The van der Waals surface area contributed by atoms with Crippen molar-refractivity contribution in [1.29, 1.82) is 0 Å². The van der Waals surface area contributed by atoms with Gasteiger partial charge in [0.2, 0.25) is 0 Å². The minimum Gasteiger partial charge on any atom is -0.381 e. The maximum absolute atomic E-state index is 5.61. The topological polar surface area (TPSA) is 21.3 Å². The van der Waals surface area contributed by atoms with Crippen molar-refractivity contribution in [3.05, 3.63) is 0 Å². The van der Waals surface area contributed by atoms with E-state index in [9.17, 15) is 0 Å². The molecule has 2 nitrogen and oxygen atoms in total. The molecule has 92 valence electrons. The van der Waals surface area contributed by atoms with E-state index in [4.69, 9.17) is 4.74 Å². The van der Waals surface area contributed by atoms with Crippen LogP contribution in [0.15, 0.2) is 0 Å². The maximum atomic E-state index is 5.61. The summed E-state index contributed by atoms with van der Waals surface area (Å²) < 4.78 is 5.61. The third-order valence-electron chi connectivity index (χ3n) is 3.03. The van der Waals surface area contributed by atoms with Crippen LogP contribution in [0, 0.1) is 5.92 Å². The van der Waals surface area contributed by atoms with Crippen LogP contribution in [0.1, 0.15) is 53.4 Å². The minimum absolute atomic E-state index is 0.620. The van der Waals surface area contributed by atoms with Gasteiger partial charge in [0, 0.05) is 19.3 Å². The SMILES string of the molecule is CCCCOCCC(CC)C(C)NCC. The van der Waals surface area contributed by atoms with Crippen molar-refractivity contribution in [2.45, 2.75) is 59.4 Å². The van der Waals surface area contributed by atoms with Crippen LogP contribution in [-0.2, 0) is 4.74 Å². The zero-order valence-electron chi connectivity index (χ0n) is 11.0. The average Bonchev–Trinajstić information content (AvgIpc) is 2.23. The van der Waals surface area contributed by atoms with Gasteiger partial charge in [0.05, 0.1) is 0 Å². The molecule has 0 aliphatic rings. The van der Waals surface area contributed by atoms with E-state index in [1.54, 1.807) is 0 Å². The van der Waals surface area contributed by atoms with Crippen LogP contribution in [0.25, 0.3) is 0 Å². The second-order valence-corrected chi connectivity index (χ2v) is 4.27. The van der Waals surface area contributed by atoms with E-state index in [1.807, 2.05) is 0 Å². The first-order valence-electron chi connectivity index (χ1n) is 6.57. The van der Waals surface area contributed by atoms with Crippen LogP contribution in [0.3, 0.4) is 0 Å². The maximum Gasteiger partial charge on any atom is 0.0469 e. The molecule has 0 radical (unpaired) electrons. The highest BCUT2D eigenvalue weighted by Gasteiger charge is 2.13. The summed E-state index contributed by atoms with van der Waals surface area (Å²) in [5.74, 6) is 0.756. The van der Waals surface area contributed by atoms with Crippen LogP contribution in [0.5, 0.6) is 0 Å². The van der Waals surface area contributed by atoms with Gasteiger partial charge in [-0.1, -0.05) is 33.6 Å². The molecule has 0 aliphatic heterocycles. The van der Waals surface area contributed by atoms with E-state index in [0.717, 1.165) is 25.7 Å². The summed E-state index contributed by atoms with van der Waals surface area (Å²) in [5.41, 5.74) is 0. The van der Waals surface area contributed by atoms with Crippen molar-refractivity contribution in [1.82, 2.24) is 5.32 Å². The lowest BCUT2D eigenvalue weighted by Gasteiger charge is -2.23. The van der Waals surface area contributed by atoms with E-state index < -0.39 is 0 Å². The molecule has 0 aromatic rings. The third kappa shape index (κ3) is 7.80. The Kier molecular flexibility index (Phi) is 10.4. The van der Waals surface area contributed by atoms with Gasteiger partial charge in [0.25, 0.3) is 0 Å². The van der Waals surface area contributed by atoms with Crippen molar-refractivity contribution in [3.63, 3.8) is 0 Å². The fourth-order valence-corrected chi connectivity index (χ4v) is 1.88. The molecule has 0 saturated heterocycles. The van der Waals surface area contributed by atoms with Crippen LogP contribution < -0.4 is 5.32 Å². The molecule has 0 saturated carbocycles. The second-order valence-electron chi connectivity index (χ2n) is 4.27. The van der Waals surface area contributed by atoms with Gasteiger partial charge in [0.1, 0.15) is 0 Å². The molecule has 0 aromatic heterocycles. The fraction of sp³-hybridized carbons (Fsp3) is 1.00. The van der Waals surface area contributed by atoms with E-state index in [1.165, 1.54) is 25.7 Å². The molecule has 0 fully saturated rings. The molecule has 0 aliphatic carbocycles. The standard InChI is InChI=1S/C13H29NO/c1-5-8-10-15-11-9-13(6-2)12(4)14-7-3/h12-14H,5-11H2,1-4H3. The molecule has 2 heteroatoms. The highest BCUT2D eigenvalue weighted by atomic mass is 16.5. The highest BCUT2D eigenvalue weighted by Crippen LogP contribution is 2.13. The molecule has 2 unspecified atom stereocenters. The Balaban J connectivity index is 3.51. The van der Waals surface area contributed by atoms with Gasteiger partial charge >= 0.3 is 0 Å². The van der Waals surface area contributed by atoms with Gasteiger partial charge in [-0.2, -0.15) is 0 Å². The van der Waals surface area contributed by atoms with Gasteiger partial charge in [0.15, 0.2) is 0 Å². The van der Waals surface area contributed by atoms with E-state index in [-0.39, 0.29) is 0 Å². The first-order valence-corrected chi connectivity index (χ1v) is 6.57. The van der Waals surface area contributed by atoms with Gasteiger partial charge in [-0.15, -0.1) is 0 Å². The summed E-state index contributed by atoms with van der Waals surface area (Å²) in [4.78, 5) is 0. The molecule has 0 amide bonds. The molecule has 15 heavy (non-hydrogen) atoms. The Morgan fingerprint density at radius 3 is 2.40 bits per heavy atom. The van der Waals surface area contributed by atoms with E-state index in [0.29, 0.717) is 6.04 Å². The predicted octanol–water partition coefficient (Wildman–Crippen LogP) is 3.22. The number of rotatable bonds is 10. The number of hydrogen-bond donors (Lipinski definition) is 1. The van der Waals surface area contributed by atoms with Crippen LogP contribution in [0.2, 0.25) is 0 Å². The molecule has 1 N–H and O–H groups in total. The van der Waals surface area contributed by atoms with Crippen LogP contribution in [0.4, 0.5) is 0 Å². The molecule has 0 spiro atoms. The summed E-state index contributed by atoms with van der Waals surface area (Å²) in [6.07, 6.45) is 4.85. The summed E-state index contributed by atoms with van der Waals surface area (Å²) in [6.45, 7) is 11.8. The second kappa shape index (κ2) is 10.4. The van der Waals surface area contributed by atoms with Gasteiger partial charge in [-0.25, -0.2) is 0 Å². The van der Waals surface area contributed by atoms with Gasteiger partial charge in [-0.3, -0.25) is 0 Å². The van der Waals surface area contributed by atoms with Crippen molar-refractivity contribution < 1.29 is 4.74 Å². The van der Waals surface area contributed by atoms with E-state index in [2.05, 4.69) is 33.0 Å². The van der Waals surface area contributed by atoms with Crippen molar-refractivity contribution >= 4 is 0 Å². The summed E-state index contributed by atoms with van der Waals surface area (Å²) in [7, 11) is 0. The Morgan fingerprint density at radius 2 is 1.87 bits per heavy atom. The van der Waals surface area contributed by atoms with Crippen LogP contribution >= 0.6 is 0 Å². The predicted molar refractivity (Wildman–Crippen MR) is 67.3 cm³/mol. The molecule has 0 heterocycles. The van der Waals surface area contributed by atoms with Gasteiger partial charge < -0.3 is 10.1 Å². The number of hydrogen-bond acceptors (Lipinski definition) is 2. The monoisotopic (exact) mass is 215 g/mol. The zero-order valence-corrected chi connectivity index (χ0v) is 11.0. The Labute approximate surface area is 95.8 Å². The average molecular weight is 215 g/mol. The number of nitrogens with one attached hydrogen (secondary N) is 1. The summed E-state index contributed by atoms with van der Waals surface area (Å²) >= 11 is 0. The number of ether oxygens (including phenoxy) is 1. The first kappa shape index (κ1) is 14.9. The Bertz CT molecular complexity index is 128. The van der Waals surface area contributed by atoms with E-state index >= 15 is 0 Å². The number of unbranched alkanes of at least 4 members (excludes halogenated alkanes) is 1. The molecule has 0 aromatic carbocycles. The van der Waals surface area contributed by atoms with Crippen molar-refractivity contribution in [3.8, 4) is 0 Å². The molecular formula is C13H29NO. The van der Waals surface area contributed by atoms with Crippen molar-refractivity contribution in [2.75, 3.05) is 19.8 Å². The smallest absolute Gasteiger partial charge is 0.0469 e. The lowest BCUT2D eigenvalue weighted by molar-refractivity contribution is 0.111. The lowest BCUT2D eigenvalue weighted by atomic mass is 9.95. The highest BCUT2D eigenvalue weighted by molar-refractivity contribution is 4.70. The molecule has 0 rings (SSSR count). The fourth-order valence-electron chi connectivity index (χ4n) is 1.88. The summed E-state index contributed by atoms with van der Waals surface area (Å²) in [5, 5.41) is 3.49. The summed E-state index contributed by atoms with van der Waals surface area (Å²) in [6, 6.07) is 0.620. The largest absolute Gasteiger partial charge is 0.381 e. The Morgan fingerprint density at radius 1 is 1.13 bits per heavy atom. The Hall–Kier alpha value is -0.0800. The quantitative estimate of drug-likeness (QED) is 0.565. The molecular weight excluding hydrogens is 186 g/mol. The minimum atomic E-state index is 0.620. The normalized spacial score (nSPS) is 15.2. The third-order valence-corrected chi connectivity index (χ3v) is 3.03. The molecule has 2 atom stereocenters.